The minimum Gasteiger partial charge on any atom is -0.265 e. The van der Waals surface area contributed by atoms with Crippen molar-refractivity contribution in [2.24, 2.45) is 0 Å². The first-order valence-corrected chi connectivity index (χ1v) is 9.01. The number of thiazole rings is 1. The van der Waals surface area contributed by atoms with E-state index >= 15 is 0 Å². The quantitative estimate of drug-likeness (QED) is 0.513. The van der Waals surface area contributed by atoms with Gasteiger partial charge in [0, 0.05) is 21.5 Å². The van der Waals surface area contributed by atoms with Gasteiger partial charge in [-0.25, -0.2) is 4.52 Å². The molecule has 0 bridgehead atoms. The van der Waals surface area contributed by atoms with Crippen molar-refractivity contribution in [1.29, 1.82) is 0 Å². The molecular weight excluding hydrogens is 354 g/mol. The summed E-state index contributed by atoms with van der Waals surface area (Å²) in [6, 6.07) is 13.3. The SMILES string of the molecule is Cc1ccc(-c2csc3nc(=O)c(-c4ccc(Cl)cc4)nn23)c(C)c1. The Morgan fingerprint density at radius 3 is 2.56 bits per heavy atom. The number of halogens is 1. The highest BCUT2D eigenvalue weighted by atomic mass is 35.5. The van der Waals surface area contributed by atoms with E-state index in [9.17, 15) is 4.79 Å². The summed E-state index contributed by atoms with van der Waals surface area (Å²) in [6.45, 7) is 4.14. The number of nitrogens with zero attached hydrogens (tertiary/aromatic N) is 3. The van der Waals surface area contributed by atoms with E-state index < -0.39 is 0 Å². The van der Waals surface area contributed by atoms with Crippen LogP contribution in [0.5, 0.6) is 0 Å². The van der Waals surface area contributed by atoms with E-state index in [0.29, 0.717) is 21.2 Å². The van der Waals surface area contributed by atoms with Crippen LogP contribution in [0.15, 0.2) is 52.6 Å². The van der Waals surface area contributed by atoms with Crippen molar-refractivity contribution in [3.05, 3.63) is 74.3 Å². The number of benzene rings is 2. The Morgan fingerprint density at radius 2 is 1.84 bits per heavy atom. The molecule has 2 aromatic carbocycles. The van der Waals surface area contributed by atoms with Crippen molar-refractivity contribution in [2.75, 3.05) is 0 Å². The zero-order valence-electron chi connectivity index (χ0n) is 13.7. The third kappa shape index (κ3) is 2.86. The minimum atomic E-state index is -0.337. The summed E-state index contributed by atoms with van der Waals surface area (Å²) < 4.78 is 1.74. The first-order chi connectivity index (χ1) is 12.0. The molecule has 0 saturated heterocycles. The second-order valence-electron chi connectivity index (χ2n) is 5.91. The Balaban J connectivity index is 1.95. The molecule has 0 N–H and O–H groups in total. The summed E-state index contributed by atoms with van der Waals surface area (Å²) in [5.41, 5.74) is 5.06. The fourth-order valence-corrected chi connectivity index (χ4v) is 3.78. The van der Waals surface area contributed by atoms with Crippen LogP contribution in [-0.4, -0.2) is 14.6 Å². The lowest BCUT2D eigenvalue weighted by molar-refractivity contribution is 0.913. The van der Waals surface area contributed by atoms with E-state index in [-0.39, 0.29) is 5.56 Å². The first-order valence-electron chi connectivity index (χ1n) is 7.75. The van der Waals surface area contributed by atoms with Crippen LogP contribution in [0, 0.1) is 13.8 Å². The van der Waals surface area contributed by atoms with Gasteiger partial charge in [0.15, 0.2) is 5.69 Å². The molecule has 0 aliphatic carbocycles. The molecule has 0 radical (unpaired) electrons. The zero-order valence-corrected chi connectivity index (χ0v) is 15.2. The molecule has 0 atom stereocenters. The average Bonchev–Trinajstić information content (AvgIpc) is 2.97. The van der Waals surface area contributed by atoms with Gasteiger partial charge in [0.2, 0.25) is 4.96 Å². The Kier molecular flexibility index (Phi) is 3.90. The number of aromatic nitrogens is 3. The molecule has 2 aromatic heterocycles. The van der Waals surface area contributed by atoms with E-state index in [1.54, 1.807) is 28.8 Å². The summed E-state index contributed by atoms with van der Waals surface area (Å²) in [6.07, 6.45) is 0. The molecular formula is C19H14ClN3OS. The molecule has 2 heterocycles. The van der Waals surface area contributed by atoms with Crippen LogP contribution in [0.3, 0.4) is 0 Å². The second-order valence-corrected chi connectivity index (χ2v) is 7.18. The van der Waals surface area contributed by atoms with E-state index in [2.05, 4.69) is 42.1 Å². The Morgan fingerprint density at radius 1 is 1.08 bits per heavy atom. The molecule has 4 aromatic rings. The molecule has 0 amide bonds. The molecule has 0 unspecified atom stereocenters. The maximum atomic E-state index is 12.4. The molecule has 0 aliphatic heterocycles. The van der Waals surface area contributed by atoms with Gasteiger partial charge in [0.05, 0.1) is 5.69 Å². The van der Waals surface area contributed by atoms with E-state index in [0.717, 1.165) is 16.8 Å². The first kappa shape index (κ1) is 16.0. The van der Waals surface area contributed by atoms with Gasteiger partial charge in [0.25, 0.3) is 0 Å². The number of fused-ring (bicyclic) bond motifs is 1. The van der Waals surface area contributed by atoms with Gasteiger partial charge in [0.1, 0.15) is 0 Å². The summed E-state index contributed by atoms with van der Waals surface area (Å²) in [7, 11) is 0. The topological polar surface area (TPSA) is 47.3 Å². The van der Waals surface area contributed by atoms with Gasteiger partial charge < -0.3 is 0 Å². The lowest BCUT2D eigenvalue weighted by atomic mass is 10.0. The fourth-order valence-electron chi connectivity index (χ4n) is 2.83. The Bertz CT molecular complexity index is 1150. The van der Waals surface area contributed by atoms with Crippen LogP contribution in [-0.2, 0) is 0 Å². The molecule has 6 heteroatoms. The standard InChI is InChI=1S/C19H14ClN3OS/c1-11-3-8-15(12(2)9-11)16-10-25-19-21-18(24)17(22-23(16)19)13-4-6-14(20)7-5-13/h3-10H,1-2H3. The second kappa shape index (κ2) is 6.10. The van der Waals surface area contributed by atoms with E-state index in [4.69, 9.17) is 11.6 Å². The van der Waals surface area contributed by atoms with Crippen molar-refractivity contribution in [1.82, 2.24) is 14.6 Å². The maximum Gasteiger partial charge on any atom is 0.300 e. The summed E-state index contributed by atoms with van der Waals surface area (Å²) in [5.74, 6) is 0. The highest BCUT2D eigenvalue weighted by molar-refractivity contribution is 7.15. The van der Waals surface area contributed by atoms with Crippen molar-refractivity contribution >= 4 is 27.9 Å². The van der Waals surface area contributed by atoms with Gasteiger partial charge in [-0.3, -0.25) is 4.79 Å². The predicted octanol–water partition coefficient (Wildman–Crippen LogP) is 4.76. The van der Waals surface area contributed by atoms with Gasteiger partial charge in [-0.1, -0.05) is 47.5 Å². The van der Waals surface area contributed by atoms with Crippen LogP contribution in [0.1, 0.15) is 11.1 Å². The number of aryl methyl sites for hydroxylation is 2. The molecule has 4 nitrogen and oxygen atoms in total. The zero-order chi connectivity index (χ0) is 17.6. The van der Waals surface area contributed by atoms with Gasteiger partial charge in [-0.05, 0) is 31.5 Å². The maximum absolute atomic E-state index is 12.4. The molecule has 0 aliphatic rings. The fraction of sp³-hybridized carbons (Fsp3) is 0.105. The minimum absolute atomic E-state index is 0.318. The van der Waals surface area contributed by atoms with Crippen LogP contribution in [0.4, 0.5) is 0 Å². The lowest BCUT2D eigenvalue weighted by Crippen LogP contribution is -2.15. The summed E-state index contributed by atoms with van der Waals surface area (Å²) >= 11 is 7.34. The number of rotatable bonds is 2. The monoisotopic (exact) mass is 367 g/mol. The molecule has 4 rings (SSSR count). The predicted molar refractivity (Wildman–Crippen MR) is 102 cm³/mol. The van der Waals surface area contributed by atoms with Gasteiger partial charge in [-0.15, -0.1) is 11.3 Å². The third-order valence-electron chi connectivity index (χ3n) is 4.06. The van der Waals surface area contributed by atoms with Gasteiger partial charge >= 0.3 is 5.56 Å². The van der Waals surface area contributed by atoms with Gasteiger partial charge in [-0.2, -0.15) is 10.1 Å². The van der Waals surface area contributed by atoms with Crippen LogP contribution < -0.4 is 5.56 Å². The van der Waals surface area contributed by atoms with Crippen LogP contribution in [0.2, 0.25) is 5.02 Å². The van der Waals surface area contributed by atoms with Crippen molar-refractivity contribution < 1.29 is 0 Å². The van der Waals surface area contributed by atoms with E-state index in [1.807, 2.05) is 5.38 Å². The average molecular weight is 368 g/mol. The number of hydrogen-bond acceptors (Lipinski definition) is 4. The van der Waals surface area contributed by atoms with Crippen LogP contribution in [0.25, 0.3) is 27.5 Å². The lowest BCUT2D eigenvalue weighted by Gasteiger charge is -2.07. The van der Waals surface area contributed by atoms with Crippen molar-refractivity contribution in [2.45, 2.75) is 13.8 Å². The highest BCUT2D eigenvalue weighted by Crippen LogP contribution is 2.28. The molecule has 0 spiro atoms. The smallest absolute Gasteiger partial charge is 0.265 e. The molecule has 25 heavy (non-hydrogen) atoms. The largest absolute Gasteiger partial charge is 0.300 e. The summed E-state index contributed by atoms with van der Waals surface area (Å²) in [5, 5.41) is 7.18. The summed E-state index contributed by atoms with van der Waals surface area (Å²) in [4.78, 5) is 17.1. The third-order valence-corrected chi connectivity index (χ3v) is 5.13. The Hall–Kier alpha value is -2.50. The van der Waals surface area contributed by atoms with Crippen molar-refractivity contribution in [3.8, 4) is 22.5 Å². The molecule has 0 fully saturated rings. The molecule has 0 saturated carbocycles. The molecule has 124 valence electrons. The highest BCUT2D eigenvalue weighted by Gasteiger charge is 2.14. The number of hydrogen-bond donors (Lipinski definition) is 0. The van der Waals surface area contributed by atoms with Crippen LogP contribution >= 0.6 is 22.9 Å². The van der Waals surface area contributed by atoms with Crippen molar-refractivity contribution in [3.63, 3.8) is 0 Å². The normalized spacial score (nSPS) is 11.2. The van der Waals surface area contributed by atoms with E-state index in [1.165, 1.54) is 16.9 Å². The Labute approximate surface area is 153 Å².